The van der Waals surface area contributed by atoms with Crippen molar-refractivity contribution in [3.05, 3.63) is 21.1 Å². The number of nitrogens with two attached hydrogens (primary N) is 1. The number of aryl methyl sites for hydroxylation is 1. The van der Waals surface area contributed by atoms with Crippen LogP contribution in [0.3, 0.4) is 0 Å². The van der Waals surface area contributed by atoms with Gasteiger partial charge in [-0.05, 0) is 32.4 Å². The van der Waals surface area contributed by atoms with Crippen molar-refractivity contribution in [2.45, 2.75) is 37.1 Å². The topological polar surface area (TPSA) is 70.1 Å². The number of hydrogen-bond donors (Lipinski definition) is 1. The van der Waals surface area contributed by atoms with Crippen LogP contribution in [0.15, 0.2) is 9.00 Å². The Bertz CT molecular complexity index is 728. The summed E-state index contributed by atoms with van der Waals surface area (Å²) in [6.45, 7) is 2.63. The van der Waals surface area contributed by atoms with Gasteiger partial charge in [0, 0.05) is 17.2 Å². The average Bonchev–Trinajstić information content (AvgIpc) is 2.77. The number of halogens is 3. The minimum absolute atomic E-state index is 0.0748. The molecule has 5 nitrogen and oxygen atoms in total. The maximum Gasteiger partial charge on any atom is 0.411 e. The van der Waals surface area contributed by atoms with Crippen LogP contribution < -0.4 is 11.4 Å². The van der Waals surface area contributed by atoms with Crippen LogP contribution >= 0.6 is 23.1 Å². The summed E-state index contributed by atoms with van der Waals surface area (Å²) >= 11 is 3.06. The fourth-order valence-corrected chi connectivity index (χ4v) is 4.64. The molecule has 0 radical (unpaired) electrons. The predicted molar refractivity (Wildman–Crippen MR) is 89.6 cm³/mol. The second-order valence-electron chi connectivity index (χ2n) is 5.22. The van der Waals surface area contributed by atoms with Gasteiger partial charge in [-0.2, -0.15) is 18.2 Å². The molecule has 10 heteroatoms. The van der Waals surface area contributed by atoms with E-state index in [1.54, 1.807) is 0 Å². The van der Waals surface area contributed by atoms with Crippen LogP contribution in [0.4, 0.5) is 19.0 Å². The van der Waals surface area contributed by atoms with Crippen molar-refractivity contribution >= 4 is 28.9 Å². The predicted octanol–water partition coefficient (Wildman–Crippen LogP) is 3.38. The van der Waals surface area contributed by atoms with E-state index in [0.717, 1.165) is 14.8 Å². The molecule has 2 heterocycles. The summed E-state index contributed by atoms with van der Waals surface area (Å²) in [5.41, 5.74) is 6.88. The lowest BCUT2D eigenvalue weighted by Crippen LogP contribution is -2.17. The molecule has 0 spiro atoms. The van der Waals surface area contributed by atoms with Crippen LogP contribution in [0.5, 0.6) is 0 Å². The Hall–Kier alpha value is -1.26. The molecule has 0 fully saturated rings. The largest absolute Gasteiger partial charge is 0.411 e. The fourth-order valence-electron chi connectivity index (χ4n) is 2.10. The number of fused-ring (bicyclic) bond motifs is 1. The molecule has 0 aromatic carbocycles. The summed E-state index contributed by atoms with van der Waals surface area (Å²) in [6.07, 6.45) is -3.04. The number of unbranched alkanes of at least 4 members (excludes halogenated alkanes) is 1. The lowest BCUT2D eigenvalue weighted by molar-refractivity contribution is -0.174. The van der Waals surface area contributed by atoms with Crippen molar-refractivity contribution in [1.29, 1.82) is 0 Å². The maximum absolute atomic E-state index is 11.9. The second kappa shape index (κ2) is 7.75. The van der Waals surface area contributed by atoms with E-state index in [2.05, 4.69) is 9.72 Å². The van der Waals surface area contributed by atoms with Crippen molar-refractivity contribution < 1.29 is 17.9 Å². The smallest absolute Gasteiger partial charge is 0.382 e. The van der Waals surface area contributed by atoms with E-state index < -0.39 is 18.5 Å². The van der Waals surface area contributed by atoms with Gasteiger partial charge in [0.2, 0.25) is 0 Å². The first kappa shape index (κ1) is 19.1. The molecular formula is C14H18F3N3O2S2. The van der Waals surface area contributed by atoms with E-state index in [1.807, 2.05) is 13.8 Å². The van der Waals surface area contributed by atoms with Crippen molar-refractivity contribution in [3.8, 4) is 5.69 Å². The van der Waals surface area contributed by atoms with Crippen molar-refractivity contribution in [1.82, 2.24) is 9.55 Å². The molecule has 0 aromatic rings. The lowest BCUT2D eigenvalue weighted by atomic mass is 10.4. The Morgan fingerprint density at radius 3 is 2.71 bits per heavy atom. The molecule has 2 aliphatic heterocycles. The molecule has 134 valence electrons. The highest BCUT2D eigenvalue weighted by Crippen LogP contribution is 2.37. The highest BCUT2D eigenvalue weighted by molar-refractivity contribution is 8.01. The van der Waals surface area contributed by atoms with Crippen LogP contribution in [0.2, 0.25) is 0 Å². The van der Waals surface area contributed by atoms with Gasteiger partial charge in [-0.25, -0.2) is 4.79 Å². The van der Waals surface area contributed by atoms with Crippen LogP contribution in [0.1, 0.15) is 23.4 Å². The highest BCUT2D eigenvalue weighted by Gasteiger charge is 2.27. The van der Waals surface area contributed by atoms with E-state index >= 15 is 0 Å². The van der Waals surface area contributed by atoms with Crippen molar-refractivity contribution in [2.24, 2.45) is 0 Å². The third kappa shape index (κ3) is 4.64. The van der Waals surface area contributed by atoms with Gasteiger partial charge in [0.05, 0.1) is 4.21 Å². The highest BCUT2D eigenvalue weighted by atomic mass is 32.2. The van der Waals surface area contributed by atoms with Crippen LogP contribution in [0, 0.1) is 13.8 Å². The van der Waals surface area contributed by atoms with Crippen LogP contribution in [-0.2, 0) is 4.74 Å². The quantitative estimate of drug-likeness (QED) is 0.588. The first-order chi connectivity index (χ1) is 11.2. The average molecular weight is 381 g/mol. The van der Waals surface area contributed by atoms with Crippen LogP contribution in [-0.4, -0.2) is 34.7 Å². The summed E-state index contributed by atoms with van der Waals surface area (Å²) in [7, 11) is 0. The normalized spacial score (nSPS) is 12.2. The Morgan fingerprint density at radius 1 is 1.33 bits per heavy atom. The molecule has 0 atom stereocenters. The Balaban J connectivity index is 1.92. The van der Waals surface area contributed by atoms with Gasteiger partial charge in [-0.3, -0.25) is 4.57 Å². The standard InChI is InChI=1S/C14H18F3N3O2S2/c1-8-9(2)24-12(10-11(18)19-13(21)20(8)10)23-6-4-3-5-22-7-14(15,16)17/h3-7H2,1-2H3,(H2,18,19,21). The summed E-state index contributed by atoms with van der Waals surface area (Å²) in [6, 6.07) is 0. The summed E-state index contributed by atoms with van der Waals surface area (Å²) in [5, 5.41) is 0. The number of rotatable bonds is 7. The third-order valence-corrected chi connectivity index (χ3v) is 5.87. The van der Waals surface area contributed by atoms with Crippen molar-refractivity contribution in [2.75, 3.05) is 24.7 Å². The number of anilines is 1. The molecule has 24 heavy (non-hydrogen) atoms. The van der Waals surface area contributed by atoms with Gasteiger partial charge < -0.3 is 10.5 Å². The van der Waals surface area contributed by atoms with Gasteiger partial charge in [-0.15, -0.1) is 23.1 Å². The van der Waals surface area contributed by atoms with E-state index in [9.17, 15) is 18.0 Å². The third-order valence-electron chi connectivity index (χ3n) is 3.34. The summed E-state index contributed by atoms with van der Waals surface area (Å²) < 4.78 is 42.8. The summed E-state index contributed by atoms with van der Waals surface area (Å²) in [5.74, 6) is 0.901. The Kier molecular flexibility index (Phi) is 6.16. The van der Waals surface area contributed by atoms with Crippen molar-refractivity contribution in [3.63, 3.8) is 0 Å². The summed E-state index contributed by atoms with van der Waals surface area (Å²) in [4.78, 5) is 16.7. The monoisotopic (exact) mass is 381 g/mol. The lowest BCUT2D eigenvalue weighted by Gasteiger charge is -2.14. The van der Waals surface area contributed by atoms with Gasteiger partial charge in [0.25, 0.3) is 0 Å². The van der Waals surface area contributed by atoms with Gasteiger partial charge >= 0.3 is 11.9 Å². The molecule has 0 bridgehead atoms. The molecule has 0 aromatic heterocycles. The van der Waals surface area contributed by atoms with Gasteiger partial charge in [-0.1, -0.05) is 0 Å². The van der Waals surface area contributed by atoms with E-state index in [1.165, 1.54) is 27.7 Å². The number of hydrogen-bond acceptors (Lipinski definition) is 6. The van der Waals surface area contributed by atoms with Gasteiger partial charge in [0.15, 0.2) is 5.82 Å². The minimum Gasteiger partial charge on any atom is -0.382 e. The first-order valence-corrected chi connectivity index (χ1v) is 9.06. The minimum atomic E-state index is -4.28. The molecule has 0 unspecified atom stereocenters. The maximum atomic E-state index is 11.9. The van der Waals surface area contributed by atoms with Gasteiger partial charge in [0.1, 0.15) is 12.3 Å². The number of imidazole rings is 1. The zero-order chi connectivity index (χ0) is 17.9. The van der Waals surface area contributed by atoms with E-state index in [0.29, 0.717) is 24.3 Å². The van der Waals surface area contributed by atoms with E-state index in [-0.39, 0.29) is 12.4 Å². The zero-order valence-electron chi connectivity index (χ0n) is 13.3. The molecule has 2 aliphatic rings. The molecule has 2 N–H and O–H groups in total. The van der Waals surface area contributed by atoms with E-state index in [4.69, 9.17) is 5.73 Å². The number of thioether (sulfide) groups is 1. The first-order valence-electron chi connectivity index (χ1n) is 7.26. The Labute approximate surface area is 145 Å². The number of ether oxygens (including phenoxy) is 1. The molecule has 0 aliphatic carbocycles. The van der Waals surface area contributed by atoms with Crippen LogP contribution in [0.25, 0.3) is 5.69 Å². The fraction of sp³-hybridized carbons (Fsp3) is 0.571. The molecule has 2 rings (SSSR count). The molecule has 0 saturated carbocycles. The zero-order valence-corrected chi connectivity index (χ0v) is 14.9. The number of nitrogen functional groups attached to an aromatic ring is 1. The SMILES string of the molecule is Cc1sc(SCCCCOCC(F)(F)F)c2c(N)nc(=O)n-2c1C. The number of nitrogens with zero attached hydrogens (tertiary/aromatic N) is 2. The Morgan fingerprint density at radius 2 is 2.04 bits per heavy atom. The number of aromatic nitrogens is 2. The molecule has 0 amide bonds. The second-order valence-corrected chi connectivity index (χ2v) is 7.81. The number of alkyl halides is 3. The molecular weight excluding hydrogens is 363 g/mol. The molecule has 0 saturated heterocycles.